The lowest BCUT2D eigenvalue weighted by Crippen LogP contribution is -2.30. The number of aliphatic hydroxyl groups is 1. The van der Waals surface area contributed by atoms with E-state index < -0.39 is 97.5 Å². The Morgan fingerprint density at radius 1 is 0.286 bits per heavy atom. The first-order valence-corrected chi connectivity index (χ1v) is 41.5. The van der Waals surface area contributed by atoms with Crippen molar-refractivity contribution >= 4 is 39.5 Å². The maximum Gasteiger partial charge on any atom is 0.472 e. The van der Waals surface area contributed by atoms with E-state index in [-0.39, 0.29) is 25.7 Å². The molecular weight excluding hydrogens is 1280 g/mol. The van der Waals surface area contributed by atoms with Gasteiger partial charge in [-0.3, -0.25) is 37.3 Å². The second-order valence-corrected chi connectivity index (χ2v) is 28.5. The van der Waals surface area contributed by atoms with Crippen LogP contribution >= 0.6 is 15.6 Å². The summed E-state index contributed by atoms with van der Waals surface area (Å²) >= 11 is 0. The van der Waals surface area contributed by atoms with Gasteiger partial charge in [-0.15, -0.1) is 0 Å². The summed E-state index contributed by atoms with van der Waals surface area (Å²) < 4.78 is 68.4. The van der Waals surface area contributed by atoms with Crippen LogP contribution in [0.25, 0.3) is 0 Å². The van der Waals surface area contributed by atoms with Crippen LogP contribution in [0.3, 0.4) is 0 Å². The maximum atomic E-state index is 13.1. The van der Waals surface area contributed by atoms with Crippen molar-refractivity contribution in [3.8, 4) is 0 Å². The Labute approximate surface area is 595 Å². The molecule has 0 aliphatic heterocycles. The molecule has 0 saturated carbocycles. The lowest BCUT2D eigenvalue weighted by Gasteiger charge is -2.21. The fraction of sp³-hybridized carbons (Fsp3) is 0.747. The van der Waals surface area contributed by atoms with E-state index in [1.165, 1.54) is 44.9 Å². The van der Waals surface area contributed by atoms with Gasteiger partial charge in [-0.05, 0) is 141 Å². The molecule has 3 N–H and O–H groups in total. The number of ether oxygens (including phenoxy) is 4. The van der Waals surface area contributed by atoms with Gasteiger partial charge in [0.25, 0.3) is 0 Å². The Kier molecular flexibility index (Phi) is 68.4. The molecule has 0 aromatic rings. The van der Waals surface area contributed by atoms with Crippen LogP contribution in [0.1, 0.15) is 323 Å². The number of phosphoric ester groups is 2. The summed E-state index contributed by atoms with van der Waals surface area (Å²) in [5.41, 5.74) is 0. The van der Waals surface area contributed by atoms with Crippen molar-refractivity contribution in [1.29, 1.82) is 0 Å². The minimum absolute atomic E-state index is 0.0755. The molecule has 0 rings (SSSR count). The lowest BCUT2D eigenvalue weighted by molar-refractivity contribution is -0.161. The van der Waals surface area contributed by atoms with Crippen molar-refractivity contribution in [2.75, 3.05) is 39.6 Å². The molecular formula is C79H138O17P2. The van der Waals surface area contributed by atoms with E-state index in [9.17, 15) is 43.2 Å². The molecule has 17 nitrogen and oxygen atoms in total. The van der Waals surface area contributed by atoms with Crippen LogP contribution in [0.5, 0.6) is 0 Å². The molecule has 0 heterocycles. The van der Waals surface area contributed by atoms with Crippen molar-refractivity contribution in [1.82, 2.24) is 0 Å². The van der Waals surface area contributed by atoms with Gasteiger partial charge in [0.15, 0.2) is 12.2 Å². The van der Waals surface area contributed by atoms with E-state index in [0.29, 0.717) is 25.7 Å². The number of rotatable bonds is 72. The zero-order valence-electron chi connectivity index (χ0n) is 61.7. The van der Waals surface area contributed by atoms with Crippen molar-refractivity contribution in [2.24, 2.45) is 0 Å². The molecule has 98 heavy (non-hydrogen) atoms. The third-order valence-corrected chi connectivity index (χ3v) is 17.9. The average molecular weight is 1420 g/mol. The quantitative estimate of drug-likeness (QED) is 0.0169. The van der Waals surface area contributed by atoms with Gasteiger partial charge in [0.2, 0.25) is 0 Å². The Hall–Kier alpha value is -4.02. The Morgan fingerprint density at radius 2 is 0.520 bits per heavy atom. The summed E-state index contributed by atoms with van der Waals surface area (Å²) in [6.45, 7) is 4.66. The highest BCUT2D eigenvalue weighted by Crippen LogP contribution is 2.45. The van der Waals surface area contributed by atoms with Crippen LogP contribution in [0.2, 0.25) is 0 Å². The fourth-order valence-electron chi connectivity index (χ4n) is 10.1. The van der Waals surface area contributed by atoms with Crippen LogP contribution in [-0.2, 0) is 65.4 Å². The second-order valence-electron chi connectivity index (χ2n) is 25.6. The SMILES string of the molecule is CCC/C=C\C/C=C\CCCCCCCC(=O)OCC(COP(=O)(O)OCC(O)COP(=O)(O)OCC(COC(=O)CCCCCCCC/C=C\C/C=C\C/C=C\CCCCC)OC(=O)CCCCCCC/C=C\CCCCCC)OC(=O)CCCCCCC/C=C\C/C=C\CCC. The average Bonchev–Trinajstić information content (AvgIpc) is 0.979. The number of hydrogen-bond acceptors (Lipinski definition) is 15. The maximum absolute atomic E-state index is 13.1. The minimum atomic E-state index is -4.98. The molecule has 0 spiro atoms. The van der Waals surface area contributed by atoms with E-state index >= 15 is 0 Å². The topological polar surface area (TPSA) is 237 Å². The number of aliphatic hydroxyl groups excluding tert-OH is 1. The number of hydrogen-bond donors (Lipinski definition) is 3. The first-order chi connectivity index (χ1) is 47.7. The van der Waals surface area contributed by atoms with Crippen LogP contribution in [0.4, 0.5) is 0 Å². The molecule has 19 heteroatoms. The molecule has 0 saturated heterocycles. The molecule has 5 atom stereocenters. The molecule has 0 radical (unpaired) electrons. The fourth-order valence-corrected chi connectivity index (χ4v) is 11.6. The smallest absolute Gasteiger partial charge is 0.462 e. The number of allylic oxidation sites excluding steroid dienone is 16. The molecule has 0 fully saturated rings. The Balaban J connectivity index is 5.34. The summed E-state index contributed by atoms with van der Waals surface area (Å²) in [5.74, 6) is -2.22. The standard InChI is InChI=1S/C79H138O17P2/c1-5-9-13-17-21-25-29-33-34-35-36-37-38-42-44-48-52-56-60-64-77(82)90-70-75(96-79(84)66-62-58-54-50-46-41-32-28-24-20-16-12-8-4)72-94-98(87,88)92-68-73(80)67-91-97(85,86)93-71-74(95-78(83)65-61-57-53-49-45-40-31-27-23-19-15-11-7-3)69-89-76(81)63-59-55-51-47-43-39-30-26-22-18-14-10-6-2/h14-15,18-19,21,25-28,30-34,36-37,73-75,80H,5-13,16-17,20,22-24,29,35,38-72H2,1-4H3,(H,85,86)(H,87,88)/b18-14-,19-15-,25-21-,30-26-,31-27-,32-28-,34-33-,37-36-. The lowest BCUT2D eigenvalue weighted by atomic mass is 10.1. The van der Waals surface area contributed by atoms with Gasteiger partial charge < -0.3 is 33.8 Å². The summed E-state index contributed by atoms with van der Waals surface area (Å²) in [6, 6.07) is 0. The monoisotopic (exact) mass is 1420 g/mol. The third kappa shape index (κ3) is 70.4. The van der Waals surface area contributed by atoms with E-state index in [2.05, 4.69) is 125 Å². The van der Waals surface area contributed by atoms with Crippen LogP contribution < -0.4 is 0 Å². The van der Waals surface area contributed by atoms with Gasteiger partial charge in [-0.1, -0.05) is 253 Å². The van der Waals surface area contributed by atoms with Crippen LogP contribution in [0, 0.1) is 0 Å². The summed E-state index contributed by atoms with van der Waals surface area (Å²) in [5, 5.41) is 10.6. The number of esters is 4. The summed E-state index contributed by atoms with van der Waals surface area (Å²) in [7, 11) is -9.96. The van der Waals surface area contributed by atoms with Crippen LogP contribution in [0.15, 0.2) is 97.2 Å². The van der Waals surface area contributed by atoms with Gasteiger partial charge in [0.05, 0.1) is 26.4 Å². The highest BCUT2D eigenvalue weighted by atomic mass is 31.2. The van der Waals surface area contributed by atoms with Crippen molar-refractivity contribution in [3.63, 3.8) is 0 Å². The van der Waals surface area contributed by atoms with Gasteiger partial charge in [0.1, 0.15) is 19.3 Å². The van der Waals surface area contributed by atoms with E-state index in [0.717, 1.165) is 199 Å². The van der Waals surface area contributed by atoms with Gasteiger partial charge in [0, 0.05) is 25.7 Å². The third-order valence-electron chi connectivity index (χ3n) is 16.0. The second kappa shape index (κ2) is 71.4. The molecule has 5 unspecified atom stereocenters. The molecule has 0 bridgehead atoms. The summed E-state index contributed by atoms with van der Waals surface area (Å²) in [6.07, 6.45) is 73.9. The molecule has 0 aliphatic carbocycles. The Bertz CT molecular complexity index is 2240. The van der Waals surface area contributed by atoms with E-state index in [4.69, 9.17) is 37.0 Å². The highest BCUT2D eigenvalue weighted by molar-refractivity contribution is 7.47. The largest absolute Gasteiger partial charge is 0.472 e. The van der Waals surface area contributed by atoms with Gasteiger partial charge in [-0.25, -0.2) is 9.13 Å². The van der Waals surface area contributed by atoms with E-state index in [1.54, 1.807) is 0 Å². The molecule has 0 aromatic carbocycles. The van der Waals surface area contributed by atoms with Gasteiger partial charge >= 0.3 is 39.5 Å². The first kappa shape index (κ1) is 94.0. The number of unbranched alkanes of at least 4 members (excludes halogenated alkanes) is 30. The predicted molar refractivity (Wildman–Crippen MR) is 399 cm³/mol. The van der Waals surface area contributed by atoms with E-state index in [1.807, 2.05) is 0 Å². The zero-order valence-corrected chi connectivity index (χ0v) is 63.5. The normalized spacial score (nSPS) is 14.5. The summed E-state index contributed by atoms with van der Waals surface area (Å²) in [4.78, 5) is 72.8. The zero-order chi connectivity index (χ0) is 71.8. The van der Waals surface area contributed by atoms with Crippen molar-refractivity contribution in [3.05, 3.63) is 97.2 Å². The van der Waals surface area contributed by atoms with Crippen LogP contribution in [-0.4, -0.2) is 96.7 Å². The molecule has 566 valence electrons. The number of carbonyl (C=O) groups excluding carboxylic acids is 4. The predicted octanol–water partition coefficient (Wildman–Crippen LogP) is 22.0. The highest BCUT2D eigenvalue weighted by Gasteiger charge is 2.30. The molecule has 0 aliphatic rings. The van der Waals surface area contributed by atoms with Gasteiger partial charge in [-0.2, -0.15) is 0 Å². The van der Waals surface area contributed by atoms with Crippen molar-refractivity contribution < 1.29 is 80.2 Å². The molecule has 0 aromatic heterocycles. The Morgan fingerprint density at radius 3 is 0.837 bits per heavy atom. The van der Waals surface area contributed by atoms with Crippen molar-refractivity contribution in [2.45, 2.75) is 341 Å². The first-order valence-electron chi connectivity index (χ1n) is 38.5. The number of phosphoric acid groups is 2. The number of carbonyl (C=O) groups is 4. The minimum Gasteiger partial charge on any atom is -0.462 e. The molecule has 0 amide bonds.